The Balaban J connectivity index is 1.15. The molecule has 0 atom stereocenters. The summed E-state index contributed by atoms with van der Waals surface area (Å²) in [5, 5.41) is 0.502. The largest absolute Gasteiger partial charge is 0.482 e. The zero-order valence-corrected chi connectivity index (χ0v) is 18.2. The Kier molecular flexibility index (Phi) is 7.12. The van der Waals surface area contributed by atoms with Crippen molar-refractivity contribution in [2.24, 2.45) is 0 Å². The van der Waals surface area contributed by atoms with Gasteiger partial charge in [-0.05, 0) is 25.0 Å². The molecule has 1 aromatic carbocycles. The fourth-order valence-corrected chi connectivity index (χ4v) is 4.52. The van der Waals surface area contributed by atoms with Gasteiger partial charge in [0.15, 0.2) is 6.61 Å². The molecule has 3 fully saturated rings. The van der Waals surface area contributed by atoms with Crippen molar-refractivity contribution in [2.45, 2.75) is 25.3 Å². The summed E-state index contributed by atoms with van der Waals surface area (Å²) < 4.78 is 5.56. The molecule has 8 heteroatoms. The summed E-state index contributed by atoms with van der Waals surface area (Å²) in [4.78, 5) is 33.6. The van der Waals surface area contributed by atoms with Crippen LogP contribution < -0.4 is 4.74 Å². The number of nitrogens with zero attached hydrogens (tertiary/aromatic N) is 4. The standard InChI is InChI=1S/C22H31ClN4O3/c23-19-6-1-2-7-20(19)30-17-22(29)27-10-8-24(9-11-27)16-21(28)26-14-12-25(13-15-26)18-4-3-5-18/h1-2,6-7,18H,3-5,8-17H2. The van der Waals surface area contributed by atoms with Gasteiger partial charge in [0.25, 0.3) is 5.91 Å². The molecule has 0 N–H and O–H groups in total. The molecule has 2 heterocycles. The van der Waals surface area contributed by atoms with Gasteiger partial charge in [0.05, 0.1) is 11.6 Å². The van der Waals surface area contributed by atoms with E-state index in [0.29, 0.717) is 43.5 Å². The van der Waals surface area contributed by atoms with Crippen LogP contribution in [0, 0.1) is 0 Å². The molecule has 30 heavy (non-hydrogen) atoms. The maximum atomic E-state index is 12.7. The number of ether oxygens (including phenoxy) is 1. The number of hydrogen-bond donors (Lipinski definition) is 0. The second-order valence-corrected chi connectivity index (χ2v) is 8.78. The average molecular weight is 435 g/mol. The predicted molar refractivity (Wildman–Crippen MR) is 116 cm³/mol. The van der Waals surface area contributed by atoms with Crippen molar-refractivity contribution in [3.63, 3.8) is 0 Å². The van der Waals surface area contributed by atoms with Crippen molar-refractivity contribution >= 4 is 23.4 Å². The van der Waals surface area contributed by atoms with E-state index in [2.05, 4.69) is 9.80 Å². The van der Waals surface area contributed by atoms with Crippen LogP contribution in [0.4, 0.5) is 0 Å². The molecule has 0 aromatic heterocycles. The maximum absolute atomic E-state index is 12.7. The van der Waals surface area contributed by atoms with Crippen LogP contribution in [0.1, 0.15) is 19.3 Å². The van der Waals surface area contributed by atoms with Crippen LogP contribution >= 0.6 is 11.6 Å². The number of benzene rings is 1. The number of piperazine rings is 2. The molecular weight excluding hydrogens is 404 g/mol. The summed E-state index contributed by atoms with van der Waals surface area (Å²) in [6.45, 7) is 6.78. The Morgan fingerprint density at radius 2 is 1.53 bits per heavy atom. The van der Waals surface area contributed by atoms with Gasteiger partial charge < -0.3 is 14.5 Å². The highest BCUT2D eigenvalue weighted by Gasteiger charge is 2.30. The van der Waals surface area contributed by atoms with Crippen molar-refractivity contribution in [3.8, 4) is 5.75 Å². The van der Waals surface area contributed by atoms with Gasteiger partial charge in [-0.3, -0.25) is 19.4 Å². The summed E-state index contributed by atoms with van der Waals surface area (Å²) in [5.74, 6) is 0.687. The SMILES string of the molecule is O=C(COc1ccccc1Cl)N1CCN(CC(=O)N2CCN(C3CCC3)CC2)CC1. The highest BCUT2D eigenvalue weighted by atomic mass is 35.5. The van der Waals surface area contributed by atoms with Crippen LogP contribution in [-0.4, -0.2) is 103 Å². The molecule has 0 radical (unpaired) electrons. The topological polar surface area (TPSA) is 56.3 Å². The molecule has 2 saturated heterocycles. The lowest BCUT2D eigenvalue weighted by atomic mass is 9.91. The third-order valence-corrected chi connectivity index (χ3v) is 6.84. The lowest BCUT2D eigenvalue weighted by Gasteiger charge is -2.43. The highest BCUT2D eigenvalue weighted by molar-refractivity contribution is 6.32. The predicted octanol–water partition coefficient (Wildman–Crippen LogP) is 1.56. The van der Waals surface area contributed by atoms with E-state index in [1.165, 1.54) is 19.3 Å². The first kappa shape index (κ1) is 21.4. The molecule has 164 valence electrons. The molecule has 1 saturated carbocycles. The van der Waals surface area contributed by atoms with Gasteiger partial charge in [-0.2, -0.15) is 0 Å². The van der Waals surface area contributed by atoms with E-state index in [4.69, 9.17) is 16.3 Å². The van der Waals surface area contributed by atoms with Crippen molar-refractivity contribution in [1.29, 1.82) is 0 Å². The zero-order chi connectivity index (χ0) is 20.9. The van der Waals surface area contributed by atoms with Crippen molar-refractivity contribution in [3.05, 3.63) is 29.3 Å². The number of halogens is 1. The normalized spacial score (nSPS) is 21.4. The van der Waals surface area contributed by atoms with Gasteiger partial charge in [-0.15, -0.1) is 0 Å². The van der Waals surface area contributed by atoms with Crippen molar-refractivity contribution in [1.82, 2.24) is 19.6 Å². The quantitative estimate of drug-likeness (QED) is 0.680. The number of amides is 2. The summed E-state index contributed by atoms with van der Waals surface area (Å²) in [5.41, 5.74) is 0. The van der Waals surface area contributed by atoms with Gasteiger partial charge in [0.2, 0.25) is 5.91 Å². The number of hydrogen-bond acceptors (Lipinski definition) is 5. The lowest BCUT2D eigenvalue weighted by Crippen LogP contribution is -2.56. The molecule has 0 bridgehead atoms. The lowest BCUT2D eigenvalue weighted by molar-refractivity contribution is -0.137. The van der Waals surface area contributed by atoms with E-state index in [0.717, 1.165) is 32.2 Å². The fourth-order valence-electron chi connectivity index (χ4n) is 4.33. The van der Waals surface area contributed by atoms with Crippen LogP contribution in [-0.2, 0) is 9.59 Å². The smallest absolute Gasteiger partial charge is 0.260 e. The second-order valence-electron chi connectivity index (χ2n) is 8.38. The average Bonchev–Trinajstić information content (AvgIpc) is 2.73. The molecule has 0 unspecified atom stereocenters. The maximum Gasteiger partial charge on any atom is 0.260 e. The third kappa shape index (κ3) is 5.25. The first-order valence-electron chi connectivity index (χ1n) is 11.0. The molecule has 1 aliphatic carbocycles. The van der Waals surface area contributed by atoms with Crippen molar-refractivity contribution < 1.29 is 14.3 Å². The molecule has 7 nitrogen and oxygen atoms in total. The first-order chi connectivity index (χ1) is 14.6. The minimum atomic E-state index is -0.0481. The molecule has 2 amide bonds. The minimum absolute atomic E-state index is 0.0199. The van der Waals surface area contributed by atoms with Crippen LogP contribution in [0.15, 0.2) is 24.3 Å². The Bertz CT molecular complexity index is 742. The third-order valence-electron chi connectivity index (χ3n) is 6.53. The summed E-state index contributed by atoms with van der Waals surface area (Å²) in [6, 6.07) is 7.91. The number of para-hydroxylation sites is 1. The van der Waals surface area contributed by atoms with Gasteiger partial charge >= 0.3 is 0 Å². The van der Waals surface area contributed by atoms with E-state index < -0.39 is 0 Å². The summed E-state index contributed by atoms with van der Waals surface area (Å²) >= 11 is 6.06. The minimum Gasteiger partial charge on any atom is -0.482 e. The molecule has 2 aliphatic heterocycles. The summed E-state index contributed by atoms with van der Waals surface area (Å²) in [6.07, 6.45) is 3.99. The Labute approximate surface area is 183 Å². The van der Waals surface area contributed by atoms with E-state index >= 15 is 0 Å². The second kappa shape index (κ2) is 9.98. The molecule has 1 aromatic rings. The summed E-state index contributed by atoms with van der Waals surface area (Å²) in [7, 11) is 0. The Morgan fingerprint density at radius 3 is 2.17 bits per heavy atom. The molecule has 0 spiro atoms. The van der Waals surface area contributed by atoms with E-state index in [1.54, 1.807) is 17.0 Å². The van der Waals surface area contributed by atoms with Crippen LogP contribution in [0.25, 0.3) is 0 Å². The van der Waals surface area contributed by atoms with Crippen molar-refractivity contribution in [2.75, 3.05) is 65.5 Å². The number of carbonyl (C=O) groups excluding carboxylic acids is 2. The molecule has 4 rings (SSSR count). The van der Waals surface area contributed by atoms with E-state index in [1.807, 2.05) is 17.0 Å². The van der Waals surface area contributed by atoms with Gasteiger partial charge in [0.1, 0.15) is 5.75 Å². The molecular formula is C22H31ClN4O3. The van der Waals surface area contributed by atoms with Gasteiger partial charge in [-0.1, -0.05) is 30.2 Å². The van der Waals surface area contributed by atoms with Crippen LogP contribution in [0.2, 0.25) is 5.02 Å². The Morgan fingerprint density at radius 1 is 0.900 bits per heavy atom. The molecule has 3 aliphatic rings. The first-order valence-corrected chi connectivity index (χ1v) is 11.4. The van der Waals surface area contributed by atoms with Crippen LogP contribution in [0.3, 0.4) is 0 Å². The van der Waals surface area contributed by atoms with Gasteiger partial charge in [-0.25, -0.2) is 0 Å². The Hall–Kier alpha value is -1.83. The van der Waals surface area contributed by atoms with E-state index in [-0.39, 0.29) is 18.4 Å². The number of carbonyl (C=O) groups is 2. The highest BCUT2D eigenvalue weighted by Crippen LogP contribution is 2.25. The van der Waals surface area contributed by atoms with Gasteiger partial charge in [0, 0.05) is 58.4 Å². The number of rotatable bonds is 6. The van der Waals surface area contributed by atoms with Crippen LogP contribution in [0.5, 0.6) is 5.75 Å². The zero-order valence-electron chi connectivity index (χ0n) is 17.5. The van der Waals surface area contributed by atoms with E-state index in [9.17, 15) is 9.59 Å². The fraction of sp³-hybridized carbons (Fsp3) is 0.636. The monoisotopic (exact) mass is 434 g/mol.